The molecule has 0 aromatic heterocycles. The molecule has 1 N–H and O–H groups in total. The van der Waals surface area contributed by atoms with E-state index < -0.39 is 4.92 Å². The topological polar surface area (TPSA) is 72.2 Å². The number of carbonyl (C=O) groups excluding carboxylic acids is 1. The number of rotatable bonds is 4. The van der Waals surface area contributed by atoms with Crippen LogP contribution in [0.15, 0.2) is 18.2 Å². The van der Waals surface area contributed by atoms with Crippen LogP contribution in [0.3, 0.4) is 0 Å². The summed E-state index contributed by atoms with van der Waals surface area (Å²) >= 11 is 0. The molecule has 5 nitrogen and oxygen atoms in total. The Balaban J connectivity index is 1.99. The largest absolute Gasteiger partial charge is 0.326 e. The van der Waals surface area contributed by atoms with Crippen molar-refractivity contribution in [3.05, 3.63) is 33.9 Å². The van der Waals surface area contributed by atoms with Gasteiger partial charge in [-0.1, -0.05) is 25.3 Å². The molecular weight excluding hydrogens is 256 g/mol. The molecule has 1 aliphatic carbocycles. The number of benzene rings is 1. The van der Waals surface area contributed by atoms with Gasteiger partial charge in [0.25, 0.3) is 5.69 Å². The minimum atomic E-state index is -0.448. The standard InChI is InChI=1S/C15H20N2O3/c1-11-7-8-13(17(19)20)10-14(11)16-15(18)9-12-5-3-2-4-6-12/h7-8,10,12H,2-6,9H2,1H3,(H,16,18). The number of non-ortho nitro benzene ring substituents is 1. The molecule has 2 rings (SSSR count). The number of hydrogen-bond donors (Lipinski definition) is 1. The molecule has 0 radical (unpaired) electrons. The minimum Gasteiger partial charge on any atom is -0.326 e. The van der Waals surface area contributed by atoms with Gasteiger partial charge in [0.05, 0.1) is 10.6 Å². The molecule has 1 fully saturated rings. The summed E-state index contributed by atoms with van der Waals surface area (Å²) in [4.78, 5) is 22.3. The fourth-order valence-electron chi connectivity index (χ4n) is 2.71. The molecule has 1 amide bonds. The van der Waals surface area contributed by atoms with E-state index in [-0.39, 0.29) is 11.6 Å². The third-order valence-corrected chi connectivity index (χ3v) is 3.90. The van der Waals surface area contributed by atoms with Crippen LogP contribution in [0, 0.1) is 23.0 Å². The third kappa shape index (κ3) is 3.79. The van der Waals surface area contributed by atoms with E-state index in [0.29, 0.717) is 18.0 Å². The van der Waals surface area contributed by atoms with E-state index in [1.165, 1.54) is 31.4 Å². The maximum Gasteiger partial charge on any atom is 0.271 e. The zero-order chi connectivity index (χ0) is 14.5. The molecule has 108 valence electrons. The smallest absolute Gasteiger partial charge is 0.271 e. The predicted molar refractivity (Wildman–Crippen MR) is 77.7 cm³/mol. The van der Waals surface area contributed by atoms with Crippen LogP contribution in [-0.4, -0.2) is 10.8 Å². The van der Waals surface area contributed by atoms with Gasteiger partial charge in [0.15, 0.2) is 0 Å². The lowest BCUT2D eigenvalue weighted by Gasteiger charge is -2.21. The summed E-state index contributed by atoms with van der Waals surface area (Å²) in [7, 11) is 0. The highest BCUT2D eigenvalue weighted by atomic mass is 16.6. The first kappa shape index (κ1) is 14.5. The molecule has 0 saturated heterocycles. The normalized spacial score (nSPS) is 15.8. The van der Waals surface area contributed by atoms with Crippen LogP contribution < -0.4 is 5.32 Å². The maximum atomic E-state index is 12.0. The van der Waals surface area contributed by atoms with E-state index >= 15 is 0 Å². The van der Waals surface area contributed by atoms with Gasteiger partial charge in [0.1, 0.15) is 0 Å². The fourth-order valence-corrected chi connectivity index (χ4v) is 2.71. The van der Waals surface area contributed by atoms with Gasteiger partial charge in [0.2, 0.25) is 5.91 Å². The van der Waals surface area contributed by atoms with Crippen LogP contribution in [0.1, 0.15) is 44.1 Å². The van der Waals surface area contributed by atoms with E-state index in [9.17, 15) is 14.9 Å². The second-order valence-corrected chi connectivity index (χ2v) is 5.51. The van der Waals surface area contributed by atoms with Crippen molar-refractivity contribution < 1.29 is 9.72 Å². The number of hydrogen-bond acceptors (Lipinski definition) is 3. The van der Waals surface area contributed by atoms with Crippen LogP contribution in [0.2, 0.25) is 0 Å². The molecule has 1 aliphatic rings. The maximum absolute atomic E-state index is 12.0. The number of nitro groups is 1. The number of aryl methyl sites for hydroxylation is 1. The number of carbonyl (C=O) groups is 1. The Morgan fingerprint density at radius 1 is 1.35 bits per heavy atom. The van der Waals surface area contributed by atoms with E-state index in [2.05, 4.69) is 5.32 Å². The molecule has 0 bridgehead atoms. The van der Waals surface area contributed by atoms with E-state index in [1.54, 1.807) is 6.07 Å². The van der Waals surface area contributed by atoms with Gasteiger partial charge < -0.3 is 5.32 Å². The van der Waals surface area contributed by atoms with Crippen molar-refractivity contribution in [1.29, 1.82) is 0 Å². The van der Waals surface area contributed by atoms with Crippen molar-refractivity contribution in [2.24, 2.45) is 5.92 Å². The lowest BCUT2D eigenvalue weighted by Crippen LogP contribution is -2.18. The fraction of sp³-hybridized carbons (Fsp3) is 0.533. The van der Waals surface area contributed by atoms with Crippen LogP contribution in [0.4, 0.5) is 11.4 Å². The van der Waals surface area contributed by atoms with E-state index in [1.807, 2.05) is 6.92 Å². The Morgan fingerprint density at radius 2 is 2.05 bits per heavy atom. The summed E-state index contributed by atoms with van der Waals surface area (Å²) in [5.74, 6) is 0.420. The van der Waals surface area contributed by atoms with Crippen LogP contribution in [-0.2, 0) is 4.79 Å². The third-order valence-electron chi connectivity index (χ3n) is 3.90. The Kier molecular flexibility index (Phi) is 4.71. The summed E-state index contributed by atoms with van der Waals surface area (Å²) in [6.07, 6.45) is 6.41. The molecule has 1 aromatic carbocycles. The zero-order valence-corrected chi connectivity index (χ0v) is 11.7. The second kappa shape index (κ2) is 6.50. The molecule has 0 atom stereocenters. The summed E-state index contributed by atoms with van der Waals surface area (Å²) in [6, 6.07) is 4.54. The number of nitro benzene ring substituents is 1. The quantitative estimate of drug-likeness (QED) is 0.671. The van der Waals surface area contributed by atoms with E-state index in [4.69, 9.17) is 0 Å². The predicted octanol–water partition coefficient (Wildman–Crippen LogP) is 3.81. The van der Waals surface area contributed by atoms with Gasteiger partial charge in [-0.3, -0.25) is 14.9 Å². The summed E-state index contributed by atoms with van der Waals surface area (Å²) < 4.78 is 0. The SMILES string of the molecule is Cc1ccc([N+](=O)[O-])cc1NC(=O)CC1CCCCC1. The monoisotopic (exact) mass is 276 g/mol. The summed E-state index contributed by atoms with van der Waals surface area (Å²) in [5, 5.41) is 13.6. The summed E-state index contributed by atoms with van der Waals surface area (Å²) in [5.41, 5.74) is 1.39. The van der Waals surface area contributed by atoms with Gasteiger partial charge in [-0.05, 0) is 31.2 Å². The number of nitrogens with zero attached hydrogens (tertiary/aromatic N) is 1. The van der Waals surface area contributed by atoms with Crippen LogP contribution in [0.5, 0.6) is 0 Å². The van der Waals surface area contributed by atoms with Gasteiger partial charge in [-0.15, -0.1) is 0 Å². The minimum absolute atomic E-state index is 0.00330. The first-order valence-corrected chi connectivity index (χ1v) is 7.11. The molecule has 0 heterocycles. The van der Waals surface area contributed by atoms with Crippen molar-refractivity contribution >= 4 is 17.3 Å². The highest BCUT2D eigenvalue weighted by Crippen LogP contribution is 2.27. The van der Waals surface area contributed by atoms with Crippen molar-refractivity contribution in [3.8, 4) is 0 Å². The molecule has 0 unspecified atom stereocenters. The molecule has 20 heavy (non-hydrogen) atoms. The molecule has 0 spiro atoms. The van der Waals surface area contributed by atoms with Gasteiger partial charge in [-0.25, -0.2) is 0 Å². The Morgan fingerprint density at radius 3 is 2.70 bits per heavy atom. The van der Waals surface area contributed by atoms with Gasteiger partial charge in [0, 0.05) is 18.6 Å². The number of anilines is 1. The number of amides is 1. The second-order valence-electron chi connectivity index (χ2n) is 5.51. The molecular formula is C15H20N2O3. The van der Waals surface area contributed by atoms with Crippen molar-refractivity contribution in [2.45, 2.75) is 45.4 Å². The summed E-state index contributed by atoms with van der Waals surface area (Å²) in [6.45, 7) is 1.83. The Labute approximate surface area is 118 Å². The zero-order valence-electron chi connectivity index (χ0n) is 11.7. The van der Waals surface area contributed by atoms with Crippen molar-refractivity contribution in [2.75, 3.05) is 5.32 Å². The first-order valence-electron chi connectivity index (χ1n) is 7.11. The number of nitrogens with one attached hydrogen (secondary N) is 1. The van der Waals surface area contributed by atoms with Crippen molar-refractivity contribution in [3.63, 3.8) is 0 Å². The lowest BCUT2D eigenvalue weighted by atomic mass is 9.87. The molecule has 1 aromatic rings. The van der Waals surface area contributed by atoms with Crippen molar-refractivity contribution in [1.82, 2.24) is 0 Å². The van der Waals surface area contributed by atoms with Gasteiger partial charge >= 0.3 is 0 Å². The van der Waals surface area contributed by atoms with E-state index in [0.717, 1.165) is 18.4 Å². The highest BCUT2D eigenvalue weighted by molar-refractivity contribution is 5.92. The highest BCUT2D eigenvalue weighted by Gasteiger charge is 2.18. The van der Waals surface area contributed by atoms with Crippen LogP contribution >= 0.6 is 0 Å². The Hall–Kier alpha value is -1.91. The van der Waals surface area contributed by atoms with Gasteiger partial charge in [-0.2, -0.15) is 0 Å². The molecule has 5 heteroatoms. The lowest BCUT2D eigenvalue weighted by molar-refractivity contribution is -0.384. The van der Waals surface area contributed by atoms with Crippen LogP contribution in [0.25, 0.3) is 0 Å². The Bertz CT molecular complexity index is 508. The first-order chi connectivity index (χ1) is 9.56. The average molecular weight is 276 g/mol. The molecule has 1 saturated carbocycles. The average Bonchev–Trinajstić information content (AvgIpc) is 2.42. The molecule has 0 aliphatic heterocycles.